The lowest BCUT2D eigenvalue weighted by Gasteiger charge is -2.24. The number of nitrogens with zero attached hydrogens (tertiary/aromatic N) is 1. The van der Waals surface area contributed by atoms with E-state index >= 15 is 0 Å². The molecular weight excluding hydrogens is 247 g/mol. The van der Waals surface area contributed by atoms with Crippen molar-refractivity contribution in [1.82, 2.24) is 9.55 Å². The molecule has 1 aliphatic rings. The highest BCUT2D eigenvalue weighted by molar-refractivity contribution is 4.92. The molecule has 0 aliphatic carbocycles. The van der Waals surface area contributed by atoms with Gasteiger partial charge in [-0.05, 0) is 12.8 Å². The summed E-state index contributed by atoms with van der Waals surface area (Å²) in [4.78, 5) is 24.2. The number of halogens is 1. The summed E-state index contributed by atoms with van der Waals surface area (Å²) in [6, 6.07) is 0. The Morgan fingerprint density at radius 3 is 2.72 bits per heavy atom. The lowest BCUT2D eigenvalue weighted by Crippen LogP contribution is -2.39. The first kappa shape index (κ1) is 12.9. The Morgan fingerprint density at radius 1 is 1.50 bits per heavy atom. The van der Waals surface area contributed by atoms with E-state index in [2.05, 4.69) is 0 Å². The van der Waals surface area contributed by atoms with Gasteiger partial charge in [-0.25, -0.2) is 4.79 Å². The van der Waals surface area contributed by atoms with Crippen LogP contribution in [0.15, 0.2) is 15.8 Å². The van der Waals surface area contributed by atoms with Crippen LogP contribution in [0.5, 0.6) is 0 Å². The van der Waals surface area contributed by atoms with Gasteiger partial charge in [0.1, 0.15) is 11.8 Å². The summed E-state index contributed by atoms with van der Waals surface area (Å²) < 4.78 is 19.4. The van der Waals surface area contributed by atoms with Gasteiger partial charge in [-0.3, -0.25) is 14.3 Å². The monoisotopic (exact) mass is 260 g/mol. The maximum atomic E-state index is 13.1. The van der Waals surface area contributed by atoms with Crippen molar-refractivity contribution in [3.05, 3.63) is 32.9 Å². The molecule has 0 saturated carbocycles. The van der Waals surface area contributed by atoms with Crippen molar-refractivity contribution in [1.29, 1.82) is 0 Å². The number of nitrogens with one attached hydrogen (secondary N) is 1. The Balaban J connectivity index is 2.33. The van der Waals surface area contributed by atoms with Crippen LogP contribution >= 0.6 is 0 Å². The normalized spacial score (nSPS) is 22.3. The predicted octanol–water partition coefficient (Wildman–Crippen LogP) is -1.29. The highest BCUT2D eigenvalue weighted by Crippen LogP contribution is 2.34. The number of ether oxygens (including phenoxy) is 1. The molecule has 100 valence electrons. The second kappa shape index (κ2) is 4.63. The van der Waals surface area contributed by atoms with Crippen LogP contribution in [-0.4, -0.2) is 38.6 Å². The maximum Gasteiger partial charge on any atom is 0.330 e. The minimum Gasteiger partial charge on any atom is -0.393 e. The van der Waals surface area contributed by atoms with Gasteiger partial charge in [0.2, 0.25) is 5.82 Å². The third-order valence-corrected chi connectivity index (χ3v) is 3.04. The number of aliphatic hydroxyl groups excluding tert-OH is 2. The van der Waals surface area contributed by atoms with E-state index in [1.165, 1.54) is 0 Å². The van der Waals surface area contributed by atoms with E-state index in [1.54, 1.807) is 0 Å². The lowest BCUT2D eigenvalue weighted by atomic mass is 10.0. The predicted molar refractivity (Wildman–Crippen MR) is 57.5 cm³/mol. The zero-order valence-corrected chi connectivity index (χ0v) is 9.43. The fraction of sp³-hybridized carbons (Fsp3) is 0.600. The van der Waals surface area contributed by atoms with E-state index in [4.69, 9.17) is 14.9 Å². The highest BCUT2D eigenvalue weighted by Gasteiger charge is 2.40. The first-order chi connectivity index (χ1) is 8.51. The standard InChI is InChI=1S/C10H13FN2O5/c11-6-3-13(9(17)12-8(6)16)7-1-2-10(4-14,5-15)18-7/h3,7,14-15H,1-2,4-5H2,(H,12,16,17)/t7-/m1/s1. The molecule has 0 unspecified atom stereocenters. The minimum absolute atomic E-state index is 0.326. The number of hydrogen-bond donors (Lipinski definition) is 3. The fourth-order valence-corrected chi connectivity index (χ4v) is 1.95. The van der Waals surface area contributed by atoms with Gasteiger partial charge in [-0.2, -0.15) is 4.39 Å². The molecule has 2 heterocycles. The zero-order chi connectivity index (χ0) is 13.3. The number of aromatic nitrogens is 2. The number of hydrogen-bond acceptors (Lipinski definition) is 5. The van der Waals surface area contributed by atoms with Crippen molar-refractivity contribution in [2.75, 3.05) is 13.2 Å². The van der Waals surface area contributed by atoms with E-state index in [9.17, 15) is 14.0 Å². The molecule has 1 atom stereocenters. The highest BCUT2D eigenvalue weighted by atomic mass is 19.1. The van der Waals surface area contributed by atoms with Crippen molar-refractivity contribution >= 4 is 0 Å². The first-order valence-corrected chi connectivity index (χ1v) is 5.42. The average molecular weight is 260 g/mol. The second-order valence-electron chi connectivity index (χ2n) is 4.25. The minimum atomic E-state index is -1.13. The van der Waals surface area contributed by atoms with E-state index < -0.39 is 42.1 Å². The molecular formula is C10H13FN2O5. The molecule has 0 bridgehead atoms. The third-order valence-electron chi connectivity index (χ3n) is 3.04. The molecule has 0 spiro atoms. The zero-order valence-electron chi connectivity index (χ0n) is 9.43. The molecule has 1 aliphatic heterocycles. The van der Waals surface area contributed by atoms with Gasteiger partial charge in [-0.1, -0.05) is 0 Å². The summed E-state index contributed by atoms with van der Waals surface area (Å²) in [7, 11) is 0. The van der Waals surface area contributed by atoms with Crippen molar-refractivity contribution < 1.29 is 19.3 Å². The van der Waals surface area contributed by atoms with Crippen molar-refractivity contribution in [3.63, 3.8) is 0 Å². The van der Waals surface area contributed by atoms with Gasteiger partial charge in [0.05, 0.1) is 19.4 Å². The molecule has 1 aromatic rings. The number of H-pyrrole nitrogens is 1. The maximum absolute atomic E-state index is 13.1. The third kappa shape index (κ3) is 2.09. The molecule has 0 aromatic carbocycles. The molecule has 8 heteroatoms. The summed E-state index contributed by atoms with van der Waals surface area (Å²) >= 11 is 0. The summed E-state index contributed by atoms with van der Waals surface area (Å²) in [6.07, 6.45) is 0.601. The Morgan fingerprint density at radius 2 is 2.17 bits per heavy atom. The van der Waals surface area contributed by atoms with Crippen LogP contribution in [0, 0.1) is 5.82 Å². The molecule has 1 aromatic heterocycles. The summed E-state index contributed by atoms with van der Waals surface area (Å²) in [6.45, 7) is -0.804. The SMILES string of the molecule is O=c1[nH]c(=O)n([C@H]2CCC(CO)(CO)O2)cc1F. The summed E-state index contributed by atoms with van der Waals surface area (Å²) in [5.74, 6) is -1.09. The molecule has 2 rings (SSSR count). The van der Waals surface area contributed by atoms with E-state index in [0.717, 1.165) is 10.8 Å². The van der Waals surface area contributed by atoms with Gasteiger partial charge in [-0.15, -0.1) is 0 Å². The Bertz CT molecular complexity index is 548. The van der Waals surface area contributed by atoms with Crippen molar-refractivity contribution in [2.45, 2.75) is 24.7 Å². The van der Waals surface area contributed by atoms with Crippen LogP contribution in [0.2, 0.25) is 0 Å². The van der Waals surface area contributed by atoms with E-state index in [0.29, 0.717) is 12.8 Å². The molecule has 3 N–H and O–H groups in total. The largest absolute Gasteiger partial charge is 0.393 e. The molecule has 18 heavy (non-hydrogen) atoms. The fourth-order valence-electron chi connectivity index (χ4n) is 1.95. The van der Waals surface area contributed by atoms with Gasteiger partial charge in [0.15, 0.2) is 0 Å². The molecule has 0 radical (unpaired) electrons. The Kier molecular flexibility index (Phi) is 3.33. The number of rotatable bonds is 3. The van der Waals surface area contributed by atoms with Crippen LogP contribution in [0.25, 0.3) is 0 Å². The molecule has 1 saturated heterocycles. The quantitative estimate of drug-likeness (QED) is 0.627. The van der Waals surface area contributed by atoms with Crippen LogP contribution in [0.3, 0.4) is 0 Å². The van der Waals surface area contributed by atoms with Gasteiger partial charge in [0, 0.05) is 0 Å². The van der Waals surface area contributed by atoms with Crippen LogP contribution in [0.4, 0.5) is 4.39 Å². The second-order valence-corrected chi connectivity index (χ2v) is 4.25. The summed E-state index contributed by atoms with van der Waals surface area (Å²) in [5.41, 5.74) is -3.01. The molecule has 0 amide bonds. The molecule has 7 nitrogen and oxygen atoms in total. The Labute approximate surface area is 100 Å². The Hall–Kier alpha value is -1.51. The summed E-state index contributed by atoms with van der Waals surface area (Å²) in [5, 5.41) is 18.3. The first-order valence-electron chi connectivity index (χ1n) is 5.42. The number of aliphatic hydroxyl groups is 2. The topological polar surface area (TPSA) is 105 Å². The van der Waals surface area contributed by atoms with Gasteiger partial charge in [0.25, 0.3) is 5.56 Å². The molecule has 1 fully saturated rings. The van der Waals surface area contributed by atoms with Crippen molar-refractivity contribution in [2.24, 2.45) is 0 Å². The van der Waals surface area contributed by atoms with E-state index in [1.807, 2.05) is 4.98 Å². The van der Waals surface area contributed by atoms with Crippen LogP contribution < -0.4 is 11.2 Å². The van der Waals surface area contributed by atoms with E-state index in [-0.39, 0.29) is 0 Å². The van der Waals surface area contributed by atoms with Crippen molar-refractivity contribution in [3.8, 4) is 0 Å². The van der Waals surface area contributed by atoms with Gasteiger partial charge >= 0.3 is 5.69 Å². The lowest BCUT2D eigenvalue weighted by molar-refractivity contribution is -0.122. The average Bonchev–Trinajstić information content (AvgIpc) is 2.79. The number of aromatic amines is 1. The van der Waals surface area contributed by atoms with Gasteiger partial charge < -0.3 is 14.9 Å². The van der Waals surface area contributed by atoms with Crippen LogP contribution in [0.1, 0.15) is 19.1 Å². The van der Waals surface area contributed by atoms with Crippen LogP contribution in [-0.2, 0) is 4.74 Å². The smallest absolute Gasteiger partial charge is 0.330 e.